The molecule has 0 fully saturated rings. The van der Waals surface area contributed by atoms with Crippen LogP contribution >= 0.6 is 11.6 Å². The third-order valence-electron chi connectivity index (χ3n) is 3.87. The number of fused-ring (bicyclic) bond motifs is 1. The van der Waals surface area contributed by atoms with Gasteiger partial charge in [-0.3, -0.25) is 4.79 Å². The van der Waals surface area contributed by atoms with Gasteiger partial charge >= 0.3 is 5.97 Å². The molecule has 0 atom stereocenters. The normalized spacial score (nSPS) is 11.3. The van der Waals surface area contributed by atoms with E-state index in [1.807, 2.05) is 0 Å². The highest BCUT2D eigenvalue weighted by Gasteiger charge is 2.22. The van der Waals surface area contributed by atoms with Gasteiger partial charge in [0.15, 0.2) is 5.65 Å². The first kappa shape index (κ1) is 18.3. The Hall–Kier alpha value is -2.54. The van der Waals surface area contributed by atoms with E-state index in [0.29, 0.717) is 22.0 Å². The highest BCUT2D eigenvalue weighted by molar-refractivity contribution is 6.30. The van der Waals surface area contributed by atoms with E-state index in [2.05, 4.69) is 10.1 Å². The number of nitrogens with zero attached hydrogens (tertiary/aromatic N) is 3. The number of benzene rings is 1. The predicted octanol–water partition coefficient (Wildman–Crippen LogP) is 4.56. The zero-order valence-corrected chi connectivity index (χ0v) is 14.9. The fraction of sp³-hybridized carbons (Fsp3) is 0.278. The molecule has 3 rings (SSSR count). The van der Waals surface area contributed by atoms with E-state index < -0.39 is 12.4 Å². The van der Waals surface area contributed by atoms with Crippen LogP contribution in [0.3, 0.4) is 0 Å². The van der Waals surface area contributed by atoms with Crippen molar-refractivity contribution in [3.05, 3.63) is 46.6 Å². The van der Waals surface area contributed by atoms with Gasteiger partial charge in [-0.2, -0.15) is 5.10 Å². The van der Waals surface area contributed by atoms with Crippen LogP contribution in [0.2, 0.25) is 5.02 Å². The summed E-state index contributed by atoms with van der Waals surface area (Å²) in [7, 11) is 0. The molecule has 0 bridgehead atoms. The molecule has 0 aliphatic carbocycles. The van der Waals surface area contributed by atoms with Crippen molar-refractivity contribution in [1.29, 1.82) is 0 Å². The summed E-state index contributed by atoms with van der Waals surface area (Å²) in [5, 5.41) is 4.99. The molecule has 3 aromatic rings. The number of carbonyl (C=O) groups excluding carboxylic acids is 1. The van der Waals surface area contributed by atoms with Crippen LogP contribution in [0, 0.1) is 6.92 Å². The fourth-order valence-electron chi connectivity index (χ4n) is 2.77. The average Bonchev–Trinajstić information content (AvgIpc) is 2.90. The maximum Gasteiger partial charge on any atom is 0.327 e. The number of esters is 1. The van der Waals surface area contributed by atoms with E-state index in [1.165, 1.54) is 10.7 Å². The number of pyridine rings is 1. The number of hydrogen-bond donors (Lipinski definition) is 0. The molecule has 0 aliphatic rings. The number of aromatic nitrogens is 3. The van der Waals surface area contributed by atoms with Gasteiger partial charge in [-0.05, 0) is 32.0 Å². The minimum Gasteiger partial charge on any atom is -0.465 e. The molecule has 0 aliphatic heterocycles. The summed E-state index contributed by atoms with van der Waals surface area (Å²) in [4.78, 5) is 16.3. The molecule has 0 unspecified atom stereocenters. The van der Waals surface area contributed by atoms with Crippen molar-refractivity contribution >= 4 is 28.6 Å². The minimum atomic E-state index is -2.70. The van der Waals surface area contributed by atoms with Gasteiger partial charge in [-0.25, -0.2) is 18.4 Å². The van der Waals surface area contributed by atoms with E-state index in [0.717, 1.165) is 0 Å². The Morgan fingerprint density at radius 2 is 2.00 bits per heavy atom. The molecule has 0 amide bonds. The van der Waals surface area contributed by atoms with E-state index in [-0.39, 0.29) is 29.7 Å². The zero-order chi connectivity index (χ0) is 18.8. The lowest BCUT2D eigenvalue weighted by Gasteiger charge is -2.09. The summed E-state index contributed by atoms with van der Waals surface area (Å²) in [6.45, 7) is 3.33. The second-order valence-electron chi connectivity index (χ2n) is 5.65. The third kappa shape index (κ3) is 3.53. The SMILES string of the molecule is CCOC(=O)Cn1nc(C)c2c(C(F)F)cc(-c3ccc(Cl)cc3)nc21. The molecule has 136 valence electrons. The van der Waals surface area contributed by atoms with E-state index in [1.54, 1.807) is 38.1 Å². The summed E-state index contributed by atoms with van der Waals surface area (Å²) in [5.74, 6) is -0.505. The lowest BCUT2D eigenvalue weighted by Crippen LogP contribution is -2.15. The Morgan fingerprint density at radius 1 is 1.31 bits per heavy atom. The second kappa shape index (κ2) is 7.37. The van der Waals surface area contributed by atoms with Crippen LogP contribution in [-0.4, -0.2) is 27.3 Å². The Bertz CT molecular complexity index is 955. The van der Waals surface area contributed by atoms with Gasteiger partial charge in [0.1, 0.15) is 6.54 Å². The first-order chi connectivity index (χ1) is 12.4. The van der Waals surface area contributed by atoms with Crippen molar-refractivity contribution in [2.75, 3.05) is 6.61 Å². The first-order valence-corrected chi connectivity index (χ1v) is 8.36. The number of ether oxygens (including phenoxy) is 1. The Labute approximate surface area is 153 Å². The van der Waals surface area contributed by atoms with Gasteiger partial charge in [-0.1, -0.05) is 23.7 Å². The summed E-state index contributed by atoms with van der Waals surface area (Å²) in [6.07, 6.45) is -2.70. The zero-order valence-electron chi connectivity index (χ0n) is 14.2. The third-order valence-corrected chi connectivity index (χ3v) is 4.12. The number of hydrogen-bond acceptors (Lipinski definition) is 4. The van der Waals surface area contributed by atoms with Crippen LogP contribution in [0.25, 0.3) is 22.3 Å². The lowest BCUT2D eigenvalue weighted by atomic mass is 10.1. The quantitative estimate of drug-likeness (QED) is 0.610. The summed E-state index contributed by atoms with van der Waals surface area (Å²) in [5.41, 5.74) is 1.43. The number of alkyl halides is 2. The van der Waals surface area contributed by atoms with Gasteiger partial charge < -0.3 is 4.74 Å². The van der Waals surface area contributed by atoms with E-state index in [9.17, 15) is 13.6 Å². The van der Waals surface area contributed by atoms with Crippen molar-refractivity contribution in [2.45, 2.75) is 26.8 Å². The van der Waals surface area contributed by atoms with Crippen molar-refractivity contribution in [2.24, 2.45) is 0 Å². The molecule has 0 saturated heterocycles. The molecule has 1 aromatic carbocycles. The van der Waals surface area contributed by atoms with Crippen LogP contribution < -0.4 is 0 Å². The largest absolute Gasteiger partial charge is 0.465 e. The topological polar surface area (TPSA) is 57.0 Å². The number of rotatable bonds is 5. The van der Waals surface area contributed by atoms with Crippen molar-refractivity contribution in [3.8, 4) is 11.3 Å². The highest BCUT2D eigenvalue weighted by atomic mass is 35.5. The monoisotopic (exact) mass is 379 g/mol. The average molecular weight is 380 g/mol. The highest BCUT2D eigenvalue weighted by Crippen LogP contribution is 2.33. The van der Waals surface area contributed by atoms with E-state index in [4.69, 9.17) is 16.3 Å². The molecule has 2 aromatic heterocycles. The van der Waals surface area contributed by atoms with Crippen LogP contribution in [0.5, 0.6) is 0 Å². The van der Waals surface area contributed by atoms with Gasteiger partial charge in [0, 0.05) is 16.1 Å². The van der Waals surface area contributed by atoms with Crippen molar-refractivity contribution < 1.29 is 18.3 Å². The molecular formula is C18H16ClF2N3O2. The van der Waals surface area contributed by atoms with Crippen LogP contribution in [-0.2, 0) is 16.1 Å². The second-order valence-corrected chi connectivity index (χ2v) is 6.09. The molecule has 5 nitrogen and oxygen atoms in total. The predicted molar refractivity (Wildman–Crippen MR) is 94.3 cm³/mol. The Balaban J connectivity index is 2.19. The molecule has 2 heterocycles. The van der Waals surface area contributed by atoms with Gasteiger partial charge in [0.25, 0.3) is 6.43 Å². The summed E-state index contributed by atoms with van der Waals surface area (Å²) in [6, 6.07) is 8.06. The van der Waals surface area contributed by atoms with Crippen LogP contribution in [0.1, 0.15) is 24.6 Å². The van der Waals surface area contributed by atoms with Gasteiger partial charge in [-0.15, -0.1) is 0 Å². The van der Waals surface area contributed by atoms with Crippen molar-refractivity contribution in [1.82, 2.24) is 14.8 Å². The lowest BCUT2D eigenvalue weighted by molar-refractivity contribution is -0.143. The minimum absolute atomic E-state index is 0.174. The molecule has 26 heavy (non-hydrogen) atoms. The van der Waals surface area contributed by atoms with Gasteiger partial charge in [0.2, 0.25) is 0 Å². The standard InChI is InChI=1S/C18H16ClF2N3O2/c1-3-26-15(25)9-24-18-16(10(2)23-24)13(17(20)21)8-14(22-18)11-4-6-12(19)7-5-11/h4-8,17H,3,9H2,1-2H3. The number of halogens is 3. The van der Waals surface area contributed by atoms with Crippen molar-refractivity contribution in [3.63, 3.8) is 0 Å². The Morgan fingerprint density at radius 3 is 2.62 bits per heavy atom. The Kier molecular flexibility index (Phi) is 5.18. The number of carbonyl (C=O) groups is 1. The maximum atomic E-state index is 13.7. The molecule has 0 N–H and O–H groups in total. The molecule has 0 saturated carbocycles. The van der Waals surface area contributed by atoms with E-state index >= 15 is 0 Å². The molecule has 0 radical (unpaired) electrons. The maximum absolute atomic E-state index is 13.7. The van der Waals surface area contributed by atoms with Gasteiger partial charge in [0.05, 0.1) is 23.4 Å². The van der Waals surface area contributed by atoms with Crippen LogP contribution in [0.4, 0.5) is 8.78 Å². The fourth-order valence-corrected chi connectivity index (χ4v) is 2.89. The number of aryl methyl sites for hydroxylation is 1. The van der Waals surface area contributed by atoms with Crippen LogP contribution in [0.15, 0.2) is 30.3 Å². The molecule has 0 spiro atoms. The summed E-state index contributed by atoms with van der Waals surface area (Å²) < 4.78 is 33.5. The molecule has 8 heteroatoms. The first-order valence-electron chi connectivity index (χ1n) is 7.98. The molecular weight excluding hydrogens is 364 g/mol. The smallest absolute Gasteiger partial charge is 0.327 e. The summed E-state index contributed by atoms with van der Waals surface area (Å²) >= 11 is 5.89.